The molecule has 158 valence electrons. The highest BCUT2D eigenvalue weighted by Gasteiger charge is 2.31. The zero-order valence-electron chi connectivity index (χ0n) is 17.3. The Morgan fingerprint density at radius 3 is 2.18 bits per heavy atom. The van der Waals surface area contributed by atoms with E-state index in [-0.39, 0.29) is 12.1 Å². The highest BCUT2D eigenvalue weighted by Crippen LogP contribution is 2.30. The van der Waals surface area contributed by atoms with Crippen molar-refractivity contribution in [3.05, 3.63) is 23.2 Å². The molecule has 7 heteroatoms. The van der Waals surface area contributed by atoms with Crippen molar-refractivity contribution < 1.29 is 4.79 Å². The normalized spacial score (nSPS) is 24.6. The number of likely N-dealkylation sites (tertiary alicyclic amines) is 1. The molecule has 8 N–H and O–H groups in total. The summed E-state index contributed by atoms with van der Waals surface area (Å²) in [6.07, 6.45) is 12.2. The Hall–Kier alpha value is -1.73. The molecule has 1 heterocycles. The van der Waals surface area contributed by atoms with E-state index < -0.39 is 0 Å². The van der Waals surface area contributed by atoms with Gasteiger partial charge in [-0.15, -0.1) is 0 Å². The standard InChI is InChI=1S/C21H38N6O/c1-14(22)13-18(21(28)26-19(23)15-7-8-15)20(24)27-11-9-17(10-12-27)25-16-5-3-2-4-6-16/h13,15-17,19,25H,2-12,22-24H2,1H3,(H,26,28)/b14-13-,20-18-. The fourth-order valence-corrected chi connectivity index (χ4v) is 4.35. The Morgan fingerprint density at radius 2 is 1.61 bits per heavy atom. The summed E-state index contributed by atoms with van der Waals surface area (Å²) in [6, 6.07) is 1.21. The molecule has 1 aliphatic heterocycles. The smallest absolute Gasteiger partial charge is 0.256 e. The fraction of sp³-hybridized carbons (Fsp3) is 0.762. The van der Waals surface area contributed by atoms with Gasteiger partial charge in [-0.05, 0) is 57.4 Å². The van der Waals surface area contributed by atoms with Crippen LogP contribution in [0.5, 0.6) is 0 Å². The molecule has 7 nitrogen and oxygen atoms in total. The van der Waals surface area contributed by atoms with Crippen LogP contribution in [0.3, 0.4) is 0 Å². The third-order valence-electron chi connectivity index (χ3n) is 6.23. The first-order valence-electron chi connectivity index (χ1n) is 10.9. The second-order valence-corrected chi connectivity index (χ2v) is 8.79. The predicted octanol–water partition coefficient (Wildman–Crippen LogP) is 1.22. The maximum Gasteiger partial charge on any atom is 0.256 e. The molecule has 28 heavy (non-hydrogen) atoms. The molecular weight excluding hydrogens is 352 g/mol. The van der Waals surface area contributed by atoms with Crippen LogP contribution in [0.2, 0.25) is 0 Å². The maximum absolute atomic E-state index is 12.8. The summed E-state index contributed by atoms with van der Waals surface area (Å²) in [5, 5.41) is 6.73. The molecule has 3 rings (SSSR count). The first-order chi connectivity index (χ1) is 13.4. The van der Waals surface area contributed by atoms with E-state index in [4.69, 9.17) is 17.2 Å². The predicted molar refractivity (Wildman–Crippen MR) is 113 cm³/mol. The van der Waals surface area contributed by atoms with Gasteiger partial charge in [-0.2, -0.15) is 0 Å². The van der Waals surface area contributed by atoms with Crippen molar-refractivity contribution in [3.63, 3.8) is 0 Å². The largest absolute Gasteiger partial charge is 0.402 e. The summed E-state index contributed by atoms with van der Waals surface area (Å²) in [5.41, 5.74) is 19.3. The molecule has 0 spiro atoms. The van der Waals surface area contributed by atoms with E-state index in [1.807, 2.05) is 0 Å². The molecule has 0 aromatic heterocycles. The van der Waals surface area contributed by atoms with E-state index >= 15 is 0 Å². The van der Waals surface area contributed by atoms with Gasteiger partial charge in [-0.1, -0.05) is 19.3 Å². The minimum atomic E-state index is -0.313. The lowest BCUT2D eigenvalue weighted by molar-refractivity contribution is -0.118. The van der Waals surface area contributed by atoms with Crippen LogP contribution < -0.4 is 27.8 Å². The van der Waals surface area contributed by atoms with E-state index in [1.54, 1.807) is 13.0 Å². The number of nitrogens with two attached hydrogens (primary N) is 3. The Kier molecular flexibility index (Phi) is 7.24. The Morgan fingerprint density at radius 1 is 1.00 bits per heavy atom. The number of rotatable bonds is 7. The maximum atomic E-state index is 12.8. The number of piperidine rings is 1. The lowest BCUT2D eigenvalue weighted by atomic mass is 9.93. The van der Waals surface area contributed by atoms with E-state index in [0.29, 0.717) is 35.1 Å². The van der Waals surface area contributed by atoms with Crippen molar-refractivity contribution >= 4 is 5.91 Å². The Balaban J connectivity index is 1.59. The van der Waals surface area contributed by atoms with Gasteiger partial charge in [0.25, 0.3) is 5.91 Å². The topological polar surface area (TPSA) is 122 Å². The zero-order valence-corrected chi connectivity index (χ0v) is 17.3. The van der Waals surface area contributed by atoms with E-state index in [1.165, 1.54) is 32.1 Å². The van der Waals surface area contributed by atoms with Crippen LogP contribution in [0.1, 0.15) is 64.7 Å². The molecule has 1 amide bonds. The van der Waals surface area contributed by atoms with Crippen molar-refractivity contribution in [2.75, 3.05) is 13.1 Å². The lowest BCUT2D eigenvalue weighted by Gasteiger charge is -2.37. The van der Waals surface area contributed by atoms with Crippen LogP contribution in [0.15, 0.2) is 23.2 Å². The highest BCUT2D eigenvalue weighted by molar-refractivity contribution is 5.97. The number of allylic oxidation sites excluding steroid dienone is 1. The second kappa shape index (κ2) is 9.65. The van der Waals surface area contributed by atoms with Crippen LogP contribution in [0.4, 0.5) is 0 Å². The van der Waals surface area contributed by atoms with Crippen LogP contribution >= 0.6 is 0 Å². The third-order valence-corrected chi connectivity index (χ3v) is 6.23. The molecule has 1 saturated heterocycles. The first-order valence-corrected chi connectivity index (χ1v) is 10.9. The quantitative estimate of drug-likeness (QED) is 0.253. The average Bonchev–Trinajstić information content (AvgIpc) is 3.52. The summed E-state index contributed by atoms with van der Waals surface area (Å²) in [7, 11) is 0. The van der Waals surface area contributed by atoms with Gasteiger partial charge < -0.3 is 32.7 Å². The van der Waals surface area contributed by atoms with Gasteiger partial charge in [-0.25, -0.2) is 0 Å². The van der Waals surface area contributed by atoms with E-state index in [0.717, 1.165) is 38.8 Å². The average molecular weight is 391 g/mol. The van der Waals surface area contributed by atoms with Crippen LogP contribution in [-0.4, -0.2) is 42.1 Å². The van der Waals surface area contributed by atoms with Gasteiger partial charge in [0.15, 0.2) is 0 Å². The fourth-order valence-electron chi connectivity index (χ4n) is 4.35. The van der Waals surface area contributed by atoms with Crippen molar-refractivity contribution in [3.8, 4) is 0 Å². The summed E-state index contributed by atoms with van der Waals surface area (Å²) in [4.78, 5) is 14.9. The molecule has 0 bridgehead atoms. The summed E-state index contributed by atoms with van der Waals surface area (Å²) in [6.45, 7) is 3.46. The Bertz CT molecular complexity index is 594. The van der Waals surface area contributed by atoms with Crippen LogP contribution in [0.25, 0.3) is 0 Å². The van der Waals surface area contributed by atoms with Gasteiger partial charge in [0, 0.05) is 30.9 Å². The highest BCUT2D eigenvalue weighted by atomic mass is 16.1. The SMILES string of the molecule is C/C(N)=C/C(C(=O)NC(N)C1CC1)=C(\N)N1CCC(NC2CCCCC2)CC1. The van der Waals surface area contributed by atoms with Gasteiger partial charge in [0.1, 0.15) is 5.82 Å². The number of amides is 1. The Labute approximate surface area is 169 Å². The van der Waals surface area contributed by atoms with E-state index in [2.05, 4.69) is 15.5 Å². The van der Waals surface area contributed by atoms with Gasteiger partial charge >= 0.3 is 0 Å². The number of hydrogen-bond donors (Lipinski definition) is 5. The molecular formula is C21H38N6O. The molecule has 2 saturated carbocycles. The number of carbonyl (C=O) groups is 1. The lowest BCUT2D eigenvalue weighted by Crippen LogP contribution is -2.48. The molecule has 1 atom stereocenters. The molecule has 0 aromatic carbocycles. The number of carbonyl (C=O) groups excluding carboxylic acids is 1. The van der Waals surface area contributed by atoms with Crippen molar-refractivity contribution in [2.24, 2.45) is 23.1 Å². The minimum Gasteiger partial charge on any atom is -0.402 e. The molecule has 2 aliphatic carbocycles. The van der Waals surface area contributed by atoms with Gasteiger partial charge in [-0.3, -0.25) is 4.79 Å². The van der Waals surface area contributed by atoms with Crippen LogP contribution in [0, 0.1) is 5.92 Å². The molecule has 3 aliphatic rings. The zero-order chi connectivity index (χ0) is 20.1. The molecule has 0 radical (unpaired) electrons. The molecule has 0 aromatic rings. The summed E-state index contributed by atoms with van der Waals surface area (Å²) < 4.78 is 0. The van der Waals surface area contributed by atoms with Crippen molar-refractivity contribution in [1.82, 2.24) is 15.5 Å². The van der Waals surface area contributed by atoms with E-state index in [9.17, 15) is 4.79 Å². The minimum absolute atomic E-state index is 0.232. The molecule has 1 unspecified atom stereocenters. The number of hydrogen-bond acceptors (Lipinski definition) is 6. The monoisotopic (exact) mass is 390 g/mol. The van der Waals surface area contributed by atoms with Gasteiger partial charge in [0.2, 0.25) is 0 Å². The van der Waals surface area contributed by atoms with Crippen molar-refractivity contribution in [1.29, 1.82) is 0 Å². The van der Waals surface area contributed by atoms with Crippen molar-refractivity contribution in [2.45, 2.75) is 83.0 Å². The van der Waals surface area contributed by atoms with Gasteiger partial charge in [0.05, 0.1) is 11.7 Å². The molecule has 3 fully saturated rings. The number of nitrogens with one attached hydrogen (secondary N) is 2. The third kappa shape index (κ3) is 5.88. The first kappa shape index (κ1) is 21.0. The second-order valence-electron chi connectivity index (χ2n) is 8.79. The summed E-state index contributed by atoms with van der Waals surface area (Å²) in [5.74, 6) is 0.654. The van der Waals surface area contributed by atoms with Crippen LogP contribution in [-0.2, 0) is 4.79 Å². The summed E-state index contributed by atoms with van der Waals surface area (Å²) >= 11 is 0. The number of nitrogens with zero attached hydrogens (tertiary/aromatic N) is 1.